The Morgan fingerprint density at radius 1 is 1.00 bits per heavy atom. The molecular weight excluding hydrogens is 166 g/mol. The molecule has 4 heteroatoms. The first-order valence-electron chi connectivity index (χ1n) is 0. The molecule has 1 atom stereocenters. The molecule has 0 N–H and O–H groups in total. The molecule has 0 aromatic carbocycles. The van der Waals surface area contributed by atoms with Gasteiger partial charge in [0.25, 0.3) is 0 Å². The Balaban J connectivity index is 0. The molecule has 0 amide bonds. The van der Waals surface area contributed by atoms with Crippen LogP contribution in [0.4, 0.5) is 0 Å². The van der Waals surface area contributed by atoms with Crippen LogP contribution in [0.3, 0.4) is 0 Å². The number of hydrogen-bond donors (Lipinski definition) is 0. The topological polar surface area (TPSA) is 0 Å². The standard InChI is InChI=1S/Al.Cr.Fe.H3P.3H/h;;;1H3;;;. The molecule has 1 unspecified atom stereocenters. The summed E-state index contributed by atoms with van der Waals surface area (Å²) >= 11 is 0. The van der Waals surface area contributed by atoms with E-state index in [1.807, 2.05) is 0 Å². The Bertz CT molecular complexity index is 8.00. The summed E-state index contributed by atoms with van der Waals surface area (Å²) < 4.78 is 0. The Kier molecular flexibility index (Phi) is 186. The van der Waals surface area contributed by atoms with Crippen LogP contribution in [0.1, 0.15) is 0 Å². The average Bonchev–Trinajstić information content (AvgIpc) is 0. The van der Waals surface area contributed by atoms with Gasteiger partial charge in [-0.15, -0.1) is 0 Å². The van der Waals surface area contributed by atoms with Crippen molar-refractivity contribution in [1.29, 1.82) is 0 Å². The zero-order valence-electron chi connectivity index (χ0n) is 1.47. The third kappa shape index (κ3) is 8.99. The average molecular weight is 172 g/mol. The monoisotopic (exact) mass is 172 g/mol. The van der Waals surface area contributed by atoms with Gasteiger partial charge >= 0.3 is 0 Å². The Morgan fingerprint density at radius 3 is 1.00 bits per heavy atom. The molecule has 4 heavy (non-hydrogen) atoms. The molecule has 0 radical (unpaired) electrons. The van der Waals surface area contributed by atoms with Gasteiger partial charge in [-0.2, -0.15) is 9.90 Å². The van der Waals surface area contributed by atoms with E-state index < -0.39 is 0 Å². The molecule has 0 saturated carbocycles. The van der Waals surface area contributed by atoms with Gasteiger partial charge in [-0.05, 0) is 0 Å². The fourth-order valence-electron chi connectivity index (χ4n) is 0. The van der Waals surface area contributed by atoms with Gasteiger partial charge in [-0.25, -0.2) is 0 Å². The van der Waals surface area contributed by atoms with Crippen LogP contribution in [0.2, 0.25) is 0 Å². The fourth-order valence-corrected chi connectivity index (χ4v) is 0. The second-order valence-corrected chi connectivity index (χ2v) is 0. The maximum atomic E-state index is 0. The second-order valence-electron chi connectivity index (χ2n) is 0. The van der Waals surface area contributed by atoms with E-state index in [0.29, 0.717) is 0 Å². The first kappa shape index (κ1) is 37.3. The molecule has 0 fully saturated rings. The van der Waals surface area contributed by atoms with Gasteiger partial charge in [0.2, 0.25) is 0 Å². The molecule has 28 valence electrons. The van der Waals surface area contributed by atoms with Crippen molar-refractivity contribution in [1.82, 2.24) is 0 Å². The Labute approximate surface area is 61.5 Å². The van der Waals surface area contributed by atoms with Gasteiger partial charge in [0.05, 0.1) is 0 Å². The smallest absolute Gasteiger partial charge is 0.153 e. The van der Waals surface area contributed by atoms with Gasteiger partial charge in [0.1, 0.15) is 0 Å². The zero-order chi connectivity index (χ0) is 0. The van der Waals surface area contributed by atoms with Crippen molar-refractivity contribution in [3.63, 3.8) is 0 Å². The summed E-state index contributed by atoms with van der Waals surface area (Å²) in [6.45, 7) is 0. The molecule has 0 aromatic heterocycles. The van der Waals surface area contributed by atoms with Crippen molar-refractivity contribution in [2.45, 2.75) is 0 Å². The van der Waals surface area contributed by atoms with Crippen LogP contribution in [-0.2, 0) is 34.4 Å². The normalized spacial score (nSPS) is 0. The molecule has 0 nitrogen and oxygen atoms in total. The maximum absolute atomic E-state index is 0. The van der Waals surface area contributed by atoms with Crippen molar-refractivity contribution in [2.24, 2.45) is 0 Å². The predicted molar refractivity (Wildman–Crippen MR) is 21.0 cm³/mol. The van der Waals surface area contributed by atoms with Crippen LogP contribution in [0.25, 0.3) is 0 Å². The molecule has 0 rings (SSSR count). The van der Waals surface area contributed by atoms with E-state index in [1.54, 1.807) is 0 Å². The van der Waals surface area contributed by atoms with E-state index in [0.717, 1.165) is 0 Å². The summed E-state index contributed by atoms with van der Waals surface area (Å²) in [4.78, 5) is 0. The molecule has 0 aliphatic heterocycles. The van der Waals surface area contributed by atoms with Crippen molar-refractivity contribution in [3.8, 4) is 0 Å². The molecule has 0 saturated heterocycles. The van der Waals surface area contributed by atoms with Crippen LogP contribution in [0.15, 0.2) is 0 Å². The predicted octanol–water partition coefficient (Wildman–Crippen LogP) is -1.13. The van der Waals surface area contributed by atoms with E-state index in [9.17, 15) is 0 Å². The summed E-state index contributed by atoms with van der Waals surface area (Å²) in [5, 5.41) is 0. The minimum absolute atomic E-state index is 0. The van der Waals surface area contributed by atoms with Crippen LogP contribution in [-0.4, -0.2) is 17.4 Å². The van der Waals surface area contributed by atoms with Crippen molar-refractivity contribution < 1.29 is 34.4 Å². The minimum Gasteiger partial charge on any atom is -0.153 e. The molecule has 0 heterocycles. The first-order chi connectivity index (χ1) is 0. The first-order valence-corrected chi connectivity index (χ1v) is 0. The zero-order valence-corrected chi connectivity index (χ0v) is 5.26. The fraction of sp³-hybridized carbons (Fsp3) is 0. The van der Waals surface area contributed by atoms with Gasteiger partial charge < -0.3 is 0 Å². The van der Waals surface area contributed by atoms with Gasteiger partial charge in [-0.1, -0.05) is 0 Å². The third-order valence-electron chi connectivity index (χ3n) is 0. The van der Waals surface area contributed by atoms with E-state index in [-0.39, 0.29) is 61.7 Å². The molecular formula is H6AlCrFeP. The minimum atomic E-state index is 0. The van der Waals surface area contributed by atoms with Crippen molar-refractivity contribution in [2.75, 3.05) is 0 Å². The summed E-state index contributed by atoms with van der Waals surface area (Å²) in [5.41, 5.74) is 0. The van der Waals surface area contributed by atoms with E-state index in [2.05, 4.69) is 0 Å². The van der Waals surface area contributed by atoms with E-state index in [1.165, 1.54) is 0 Å². The molecule has 0 aromatic rings. The van der Waals surface area contributed by atoms with E-state index in [4.69, 9.17) is 0 Å². The van der Waals surface area contributed by atoms with Crippen molar-refractivity contribution >= 4 is 27.3 Å². The quantitative estimate of drug-likeness (QED) is 0.320. The SMILES string of the molecule is P.[AlH3].[Cr].[Fe]. The molecule has 0 spiro atoms. The van der Waals surface area contributed by atoms with E-state index >= 15 is 0 Å². The molecule has 0 aliphatic carbocycles. The Morgan fingerprint density at radius 2 is 1.00 bits per heavy atom. The summed E-state index contributed by atoms with van der Waals surface area (Å²) in [6, 6.07) is 0. The van der Waals surface area contributed by atoms with Crippen LogP contribution < -0.4 is 0 Å². The number of hydrogen-bond acceptors (Lipinski definition) is 0. The van der Waals surface area contributed by atoms with Gasteiger partial charge in [-0.3, -0.25) is 0 Å². The second kappa shape index (κ2) is 19.9. The van der Waals surface area contributed by atoms with Crippen molar-refractivity contribution in [3.05, 3.63) is 0 Å². The largest absolute Gasteiger partial charge is 0.187 e. The molecule has 0 aliphatic rings. The third-order valence-corrected chi connectivity index (χ3v) is 0. The number of rotatable bonds is 0. The van der Waals surface area contributed by atoms with Crippen LogP contribution >= 0.6 is 9.90 Å². The Hall–Kier alpha value is 2.01. The summed E-state index contributed by atoms with van der Waals surface area (Å²) in [7, 11) is 0. The van der Waals surface area contributed by atoms with Crippen LogP contribution in [0.5, 0.6) is 0 Å². The van der Waals surface area contributed by atoms with Crippen LogP contribution in [0, 0.1) is 0 Å². The maximum Gasteiger partial charge on any atom is 0.187 e. The van der Waals surface area contributed by atoms with Gasteiger partial charge in [0.15, 0.2) is 17.4 Å². The van der Waals surface area contributed by atoms with Gasteiger partial charge in [0, 0.05) is 34.4 Å². The summed E-state index contributed by atoms with van der Waals surface area (Å²) in [6.07, 6.45) is 0. The molecule has 0 bridgehead atoms. The summed E-state index contributed by atoms with van der Waals surface area (Å²) in [5.74, 6) is 0.